The minimum atomic E-state index is -3.16. The number of para-hydroxylation sites is 1. The van der Waals surface area contributed by atoms with E-state index in [4.69, 9.17) is 6.85 Å². The normalized spacial score (nSPS) is 36.4. The van der Waals surface area contributed by atoms with Gasteiger partial charge in [-0.2, -0.15) is 0 Å². The first-order valence-corrected chi connectivity index (χ1v) is 4.66. The molecule has 1 unspecified atom stereocenters. The van der Waals surface area contributed by atoms with E-state index in [1.807, 2.05) is 0 Å². The van der Waals surface area contributed by atoms with E-state index in [0.717, 1.165) is 4.90 Å². The van der Waals surface area contributed by atoms with E-state index in [-0.39, 0.29) is 5.69 Å². The van der Waals surface area contributed by atoms with Crippen LogP contribution in [0.1, 0.15) is 19.6 Å². The molecule has 84 valence electrons. The Bertz CT molecular complexity index is 592. The lowest BCUT2D eigenvalue weighted by atomic mass is 9.97. The molecule has 4 nitrogen and oxygen atoms in total. The highest BCUT2D eigenvalue weighted by Crippen LogP contribution is 2.23. The van der Waals surface area contributed by atoms with Crippen LogP contribution in [0.5, 0.6) is 0 Å². The predicted octanol–water partition coefficient (Wildman–Crippen LogP) is 1.51. The number of aliphatic carboxylic acids is 1. The zero-order valence-electron chi connectivity index (χ0n) is 13.3. The van der Waals surface area contributed by atoms with E-state index >= 15 is 0 Å². The van der Waals surface area contributed by atoms with Gasteiger partial charge in [0.1, 0.15) is 0 Å². The van der Waals surface area contributed by atoms with Crippen molar-refractivity contribution >= 4 is 17.6 Å². The minimum absolute atomic E-state index is 0.222. The lowest BCUT2D eigenvalue weighted by Crippen LogP contribution is -2.42. The lowest BCUT2D eigenvalue weighted by Gasteiger charge is -2.30. The van der Waals surface area contributed by atoms with Crippen LogP contribution in [0.4, 0.5) is 5.69 Å². The van der Waals surface area contributed by atoms with Crippen LogP contribution in [0.3, 0.4) is 0 Å². The molecule has 16 heavy (non-hydrogen) atoms. The standard InChI is InChI=1S/C12H13NO3/c14-11-7-6-9(12(15)16)8-13(11)10-4-2-1-3-5-10/h1-5,9H,6-8H2,(H,15,16)/i6D2,7D2,9D. The predicted molar refractivity (Wildman–Crippen MR) is 59.2 cm³/mol. The van der Waals surface area contributed by atoms with Crippen LogP contribution in [-0.4, -0.2) is 23.5 Å². The molecule has 1 saturated heterocycles. The van der Waals surface area contributed by atoms with Gasteiger partial charge in [-0.05, 0) is 18.5 Å². The van der Waals surface area contributed by atoms with Gasteiger partial charge in [-0.15, -0.1) is 0 Å². The molecule has 0 bridgehead atoms. The van der Waals surface area contributed by atoms with E-state index < -0.39 is 37.1 Å². The van der Waals surface area contributed by atoms with Crippen molar-refractivity contribution in [2.24, 2.45) is 5.89 Å². The Morgan fingerprint density at radius 2 is 2.19 bits per heavy atom. The zero-order valence-corrected chi connectivity index (χ0v) is 8.30. The van der Waals surface area contributed by atoms with Gasteiger partial charge in [-0.3, -0.25) is 9.59 Å². The molecular formula is C12H13NO3. The number of rotatable bonds is 2. The molecule has 2 rings (SSSR count). The summed E-state index contributed by atoms with van der Waals surface area (Å²) in [6.07, 6.45) is -6.28. The second-order valence-corrected chi connectivity index (χ2v) is 3.26. The Morgan fingerprint density at radius 3 is 2.81 bits per heavy atom. The largest absolute Gasteiger partial charge is 0.481 e. The number of carboxylic acids is 1. The van der Waals surface area contributed by atoms with Crippen LogP contribution < -0.4 is 4.90 Å². The Kier molecular flexibility index (Phi) is 1.64. The summed E-state index contributed by atoms with van der Waals surface area (Å²) >= 11 is 0. The van der Waals surface area contributed by atoms with Crippen LogP contribution in [0.15, 0.2) is 30.3 Å². The van der Waals surface area contributed by atoms with Crippen molar-refractivity contribution in [2.75, 3.05) is 11.4 Å². The van der Waals surface area contributed by atoms with Gasteiger partial charge in [0, 0.05) is 25.5 Å². The zero-order chi connectivity index (χ0) is 16.1. The fourth-order valence-electron chi connectivity index (χ4n) is 1.40. The van der Waals surface area contributed by atoms with Crippen LogP contribution in [0, 0.1) is 5.89 Å². The van der Waals surface area contributed by atoms with Crippen molar-refractivity contribution in [1.29, 1.82) is 0 Å². The van der Waals surface area contributed by atoms with Gasteiger partial charge in [-0.1, -0.05) is 18.2 Å². The molecule has 0 aromatic heterocycles. The molecule has 1 atom stereocenters. The molecule has 1 aliphatic rings. The molecule has 1 N–H and O–H groups in total. The number of benzene rings is 1. The molecular weight excluding hydrogens is 206 g/mol. The van der Waals surface area contributed by atoms with Crippen molar-refractivity contribution in [3.63, 3.8) is 0 Å². The van der Waals surface area contributed by atoms with Crippen LogP contribution >= 0.6 is 0 Å². The number of anilines is 1. The van der Waals surface area contributed by atoms with Gasteiger partial charge in [0.15, 0.2) is 0 Å². The highest BCUT2D eigenvalue weighted by atomic mass is 16.4. The third-order valence-electron chi connectivity index (χ3n) is 2.21. The summed E-state index contributed by atoms with van der Waals surface area (Å²) in [6, 6.07) is 7.76. The molecule has 0 saturated carbocycles. The summed E-state index contributed by atoms with van der Waals surface area (Å²) in [5.41, 5.74) is 0.222. The SMILES string of the molecule is [2H]C1([2H])C(=O)N(c2ccccc2)CC([2H])(C(=O)O)C1([2H])[2H]. The highest BCUT2D eigenvalue weighted by Gasteiger charge is 2.30. The number of piperidine rings is 1. The monoisotopic (exact) mass is 224 g/mol. The first kappa shape index (κ1) is 6.03. The fourth-order valence-corrected chi connectivity index (χ4v) is 1.40. The third-order valence-corrected chi connectivity index (χ3v) is 2.21. The van der Waals surface area contributed by atoms with E-state index in [1.165, 1.54) is 12.1 Å². The molecule has 4 heteroatoms. The van der Waals surface area contributed by atoms with Crippen LogP contribution in [-0.2, 0) is 9.59 Å². The third kappa shape index (κ3) is 2.05. The molecule has 0 aliphatic carbocycles. The summed E-state index contributed by atoms with van der Waals surface area (Å²) in [6.45, 7) is -0.766. The second-order valence-electron chi connectivity index (χ2n) is 3.26. The van der Waals surface area contributed by atoms with Crippen molar-refractivity contribution in [1.82, 2.24) is 0 Å². The Morgan fingerprint density at radius 1 is 1.50 bits per heavy atom. The van der Waals surface area contributed by atoms with E-state index in [1.54, 1.807) is 18.2 Å². The summed E-state index contributed by atoms with van der Waals surface area (Å²) in [5.74, 6) is -5.81. The van der Waals surface area contributed by atoms with Crippen molar-refractivity contribution in [2.45, 2.75) is 12.7 Å². The van der Waals surface area contributed by atoms with Crippen LogP contribution in [0.25, 0.3) is 0 Å². The maximum absolute atomic E-state index is 12.2. The molecule has 1 aromatic rings. The van der Waals surface area contributed by atoms with Gasteiger partial charge in [-0.25, -0.2) is 0 Å². The van der Waals surface area contributed by atoms with Crippen molar-refractivity contribution in [3.05, 3.63) is 30.3 Å². The van der Waals surface area contributed by atoms with Crippen LogP contribution in [0.2, 0.25) is 0 Å². The number of carbonyl (C=O) groups excluding carboxylic acids is 1. The summed E-state index contributed by atoms with van der Waals surface area (Å²) in [7, 11) is 0. The number of hydrogen-bond acceptors (Lipinski definition) is 2. The molecule has 0 spiro atoms. The molecule has 1 amide bonds. The Labute approximate surface area is 101 Å². The molecule has 1 heterocycles. The van der Waals surface area contributed by atoms with E-state index in [9.17, 15) is 14.7 Å². The maximum Gasteiger partial charge on any atom is 0.308 e. The Balaban J connectivity index is 2.59. The van der Waals surface area contributed by atoms with Gasteiger partial charge < -0.3 is 10.0 Å². The van der Waals surface area contributed by atoms with Gasteiger partial charge >= 0.3 is 5.97 Å². The van der Waals surface area contributed by atoms with Gasteiger partial charge in [0.25, 0.3) is 0 Å². The topological polar surface area (TPSA) is 57.6 Å². The highest BCUT2D eigenvalue weighted by molar-refractivity contribution is 5.95. The first-order valence-electron chi connectivity index (χ1n) is 7.16. The number of carbonyl (C=O) groups is 2. The van der Waals surface area contributed by atoms with Crippen molar-refractivity contribution in [3.8, 4) is 0 Å². The molecule has 0 radical (unpaired) electrons. The molecule has 1 aliphatic heterocycles. The molecule has 1 aromatic carbocycles. The molecule has 1 fully saturated rings. The van der Waals surface area contributed by atoms with Gasteiger partial charge in [0.05, 0.1) is 5.89 Å². The van der Waals surface area contributed by atoms with Crippen molar-refractivity contribution < 1.29 is 21.5 Å². The fraction of sp³-hybridized carbons (Fsp3) is 0.333. The number of carboxylic acid groups (broad SMARTS) is 1. The summed E-state index contributed by atoms with van der Waals surface area (Å²) in [5, 5.41) is 9.18. The second kappa shape index (κ2) is 4.35. The lowest BCUT2D eigenvalue weighted by molar-refractivity contribution is -0.142. The minimum Gasteiger partial charge on any atom is -0.481 e. The Hall–Kier alpha value is -1.84. The summed E-state index contributed by atoms with van der Waals surface area (Å²) < 4.78 is 38.6. The number of hydrogen-bond donors (Lipinski definition) is 1. The maximum atomic E-state index is 12.2. The summed E-state index contributed by atoms with van der Waals surface area (Å²) in [4.78, 5) is 24.3. The number of nitrogens with zero attached hydrogens (tertiary/aromatic N) is 1. The average Bonchev–Trinajstić information content (AvgIpc) is 2.42. The first-order chi connectivity index (χ1) is 9.55. The quantitative estimate of drug-likeness (QED) is 0.828. The average molecular weight is 224 g/mol. The van der Waals surface area contributed by atoms with E-state index in [2.05, 4.69) is 0 Å². The van der Waals surface area contributed by atoms with Gasteiger partial charge in [0.2, 0.25) is 5.91 Å². The number of amides is 1. The van der Waals surface area contributed by atoms with E-state index in [0.29, 0.717) is 0 Å². The smallest absolute Gasteiger partial charge is 0.308 e.